The molecule has 0 fully saturated rings. The molecule has 0 saturated carbocycles. The molecule has 1 aliphatic rings. The lowest BCUT2D eigenvalue weighted by atomic mass is 10.1. The highest BCUT2D eigenvalue weighted by Gasteiger charge is 2.23. The number of halogens is 1. The van der Waals surface area contributed by atoms with Crippen molar-refractivity contribution in [3.63, 3.8) is 0 Å². The molecule has 0 amide bonds. The fraction of sp³-hybridized carbons (Fsp3) is 0.500. The third-order valence-electron chi connectivity index (χ3n) is 2.90. The van der Waals surface area contributed by atoms with Gasteiger partial charge in [0.25, 0.3) is 0 Å². The molecule has 0 radical (unpaired) electrons. The lowest BCUT2D eigenvalue weighted by Crippen LogP contribution is -2.42. The predicted octanol–water partition coefficient (Wildman–Crippen LogP) is 0.975. The first kappa shape index (κ1) is 13.3. The van der Waals surface area contributed by atoms with E-state index in [1.165, 1.54) is 6.92 Å². The van der Waals surface area contributed by atoms with Crippen molar-refractivity contribution in [3.8, 4) is 0 Å². The van der Waals surface area contributed by atoms with Gasteiger partial charge in [0.15, 0.2) is 0 Å². The first-order valence-electron chi connectivity index (χ1n) is 5.76. The molecule has 6 heteroatoms. The van der Waals surface area contributed by atoms with E-state index in [9.17, 15) is 9.90 Å². The van der Waals surface area contributed by atoms with Crippen molar-refractivity contribution in [3.05, 3.63) is 28.5 Å². The molecule has 2 rings (SSSR count). The van der Waals surface area contributed by atoms with Crippen LogP contribution in [0.4, 0.5) is 0 Å². The van der Waals surface area contributed by atoms with E-state index in [-0.39, 0.29) is 12.6 Å². The standard InChI is InChI=1S/C12H15ClN2O3/c1-8(16)18-7-12(17)15-5-4-10-9(6-15)2-3-11(13)14-10/h2-3,12,17H,4-7H2,1H3. The molecule has 0 aromatic carbocycles. The topological polar surface area (TPSA) is 62.7 Å². The Bertz CT molecular complexity index is 453. The van der Waals surface area contributed by atoms with Crippen LogP contribution in [0.15, 0.2) is 12.1 Å². The van der Waals surface area contributed by atoms with E-state index in [0.29, 0.717) is 18.2 Å². The lowest BCUT2D eigenvalue weighted by Gasteiger charge is -2.31. The van der Waals surface area contributed by atoms with E-state index < -0.39 is 6.23 Å². The number of nitrogens with zero attached hydrogens (tertiary/aromatic N) is 2. The number of carbonyl (C=O) groups is 1. The van der Waals surface area contributed by atoms with Crippen molar-refractivity contribution < 1.29 is 14.6 Å². The highest BCUT2D eigenvalue weighted by molar-refractivity contribution is 6.29. The molecule has 1 unspecified atom stereocenters. The van der Waals surface area contributed by atoms with Gasteiger partial charge in [-0.3, -0.25) is 9.69 Å². The van der Waals surface area contributed by atoms with E-state index in [4.69, 9.17) is 16.3 Å². The van der Waals surface area contributed by atoms with Crippen molar-refractivity contribution >= 4 is 17.6 Å². The van der Waals surface area contributed by atoms with Gasteiger partial charge >= 0.3 is 5.97 Å². The van der Waals surface area contributed by atoms with Crippen LogP contribution in [0.3, 0.4) is 0 Å². The Morgan fingerprint density at radius 3 is 3.17 bits per heavy atom. The smallest absolute Gasteiger partial charge is 0.302 e. The first-order valence-corrected chi connectivity index (χ1v) is 6.14. The SMILES string of the molecule is CC(=O)OCC(O)N1CCc2nc(Cl)ccc2C1. The predicted molar refractivity (Wildman–Crippen MR) is 66.0 cm³/mol. The van der Waals surface area contributed by atoms with Crippen LogP contribution in [0, 0.1) is 0 Å². The molecule has 1 aliphatic heterocycles. The first-order chi connectivity index (χ1) is 8.56. The molecule has 2 heterocycles. The van der Waals surface area contributed by atoms with E-state index in [0.717, 1.165) is 17.7 Å². The van der Waals surface area contributed by atoms with Crippen molar-refractivity contribution in [1.82, 2.24) is 9.88 Å². The highest BCUT2D eigenvalue weighted by Crippen LogP contribution is 2.20. The summed E-state index contributed by atoms with van der Waals surface area (Å²) in [5.41, 5.74) is 2.02. The quantitative estimate of drug-likeness (QED) is 0.655. The van der Waals surface area contributed by atoms with E-state index in [1.54, 1.807) is 6.07 Å². The van der Waals surface area contributed by atoms with Crippen LogP contribution in [0.1, 0.15) is 18.2 Å². The summed E-state index contributed by atoms with van der Waals surface area (Å²) in [4.78, 5) is 16.8. The fourth-order valence-corrected chi connectivity index (χ4v) is 2.13. The molecular formula is C12H15ClN2O3. The molecule has 1 atom stereocenters. The van der Waals surface area contributed by atoms with Gasteiger partial charge in [-0.25, -0.2) is 4.98 Å². The largest absolute Gasteiger partial charge is 0.462 e. The Morgan fingerprint density at radius 1 is 1.67 bits per heavy atom. The van der Waals surface area contributed by atoms with Crippen molar-refractivity contribution in [1.29, 1.82) is 0 Å². The number of hydrogen-bond donors (Lipinski definition) is 1. The summed E-state index contributed by atoms with van der Waals surface area (Å²) in [6.07, 6.45) is -0.0507. The van der Waals surface area contributed by atoms with Gasteiger partial charge in [0.05, 0.1) is 0 Å². The van der Waals surface area contributed by atoms with Gasteiger partial charge in [0.2, 0.25) is 0 Å². The molecule has 0 spiro atoms. The number of aromatic nitrogens is 1. The fourth-order valence-electron chi connectivity index (χ4n) is 1.96. The summed E-state index contributed by atoms with van der Waals surface area (Å²) >= 11 is 5.83. The minimum atomic E-state index is -0.780. The maximum absolute atomic E-state index is 10.7. The molecule has 1 aromatic heterocycles. The summed E-state index contributed by atoms with van der Waals surface area (Å²) in [6.45, 7) is 2.57. The van der Waals surface area contributed by atoms with Gasteiger partial charge in [-0.1, -0.05) is 17.7 Å². The van der Waals surface area contributed by atoms with Gasteiger partial charge in [-0.2, -0.15) is 0 Å². The number of ether oxygens (including phenoxy) is 1. The van der Waals surface area contributed by atoms with Gasteiger partial charge < -0.3 is 9.84 Å². The summed E-state index contributed by atoms with van der Waals surface area (Å²) in [5, 5.41) is 10.4. The Balaban J connectivity index is 1.98. The second kappa shape index (κ2) is 5.65. The number of rotatable bonds is 3. The Labute approximate surface area is 110 Å². The Hall–Kier alpha value is -1.17. The van der Waals surface area contributed by atoms with E-state index >= 15 is 0 Å². The summed E-state index contributed by atoms with van der Waals surface area (Å²) in [6, 6.07) is 3.65. The zero-order chi connectivity index (χ0) is 13.1. The Morgan fingerprint density at radius 2 is 2.44 bits per heavy atom. The van der Waals surface area contributed by atoms with Crippen LogP contribution >= 0.6 is 11.6 Å². The average Bonchev–Trinajstić information content (AvgIpc) is 2.35. The van der Waals surface area contributed by atoms with Crippen LogP contribution in [-0.2, 0) is 22.5 Å². The molecule has 0 saturated heterocycles. The second-order valence-corrected chi connectivity index (χ2v) is 4.63. The summed E-state index contributed by atoms with van der Waals surface area (Å²) in [5.74, 6) is -0.389. The van der Waals surface area contributed by atoms with Gasteiger partial charge in [-0.15, -0.1) is 0 Å². The summed E-state index contributed by atoms with van der Waals surface area (Å²) in [7, 11) is 0. The van der Waals surface area contributed by atoms with Crippen LogP contribution in [0.5, 0.6) is 0 Å². The number of hydrogen-bond acceptors (Lipinski definition) is 5. The van der Waals surface area contributed by atoms with Crippen molar-refractivity contribution in [2.75, 3.05) is 13.2 Å². The average molecular weight is 271 g/mol. The second-order valence-electron chi connectivity index (χ2n) is 4.24. The maximum Gasteiger partial charge on any atom is 0.302 e. The van der Waals surface area contributed by atoms with Crippen LogP contribution in [0.25, 0.3) is 0 Å². The molecule has 5 nitrogen and oxygen atoms in total. The number of aliphatic hydroxyl groups excluding tert-OH is 1. The Kier molecular flexibility index (Phi) is 4.16. The summed E-state index contributed by atoms with van der Waals surface area (Å²) < 4.78 is 4.80. The van der Waals surface area contributed by atoms with Crippen molar-refractivity contribution in [2.24, 2.45) is 0 Å². The zero-order valence-corrected chi connectivity index (χ0v) is 10.9. The van der Waals surface area contributed by atoms with E-state index in [1.807, 2.05) is 11.0 Å². The minimum Gasteiger partial charge on any atom is -0.462 e. The molecule has 1 N–H and O–H groups in total. The number of esters is 1. The zero-order valence-electron chi connectivity index (χ0n) is 10.1. The normalized spacial score (nSPS) is 17.1. The highest BCUT2D eigenvalue weighted by atomic mass is 35.5. The van der Waals surface area contributed by atoms with Crippen LogP contribution in [0.2, 0.25) is 5.15 Å². The third-order valence-corrected chi connectivity index (χ3v) is 3.11. The number of pyridine rings is 1. The van der Waals surface area contributed by atoms with Crippen LogP contribution in [-0.4, -0.2) is 40.3 Å². The van der Waals surface area contributed by atoms with Gasteiger partial charge in [-0.05, 0) is 11.6 Å². The number of carbonyl (C=O) groups excluding carboxylic acids is 1. The van der Waals surface area contributed by atoms with Crippen molar-refractivity contribution in [2.45, 2.75) is 26.1 Å². The molecule has 0 aliphatic carbocycles. The number of aliphatic hydroxyl groups is 1. The molecule has 0 bridgehead atoms. The molecule has 18 heavy (non-hydrogen) atoms. The third kappa shape index (κ3) is 3.19. The molecule has 98 valence electrons. The monoisotopic (exact) mass is 270 g/mol. The van der Waals surface area contributed by atoms with E-state index in [2.05, 4.69) is 4.98 Å². The van der Waals surface area contributed by atoms with Crippen LogP contribution < -0.4 is 0 Å². The molecular weight excluding hydrogens is 256 g/mol. The lowest BCUT2D eigenvalue weighted by molar-refractivity contribution is -0.149. The number of fused-ring (bicyclic) bond motifs is 1. The molecule has 1 aromatic rings. The maximum atomic E-state index is 10.7. The van der Waals surface area contributed by atoms with Gasteiger partial charge in [0.1, 0.15) is 18.0 Å². The minimum absolute atomic E-state index is 0.00825. The van der Waals surface area contributed by atoms with Gasteiger partial charge in [0, 0.05) is 32.1 Å².